The van der Waals surface area contributed by atoms with Crippen molar-refractivity contribution in [3.8, 4) is 0 Å². The Kier molecular flexibility index (Phi) is 14.9. The topological polar surface area (TPSA) is 58.4 Å². The molecule has 0 spiro atoms. The number of aliphatic imine (C=N–C) groups is 1. The number of nitrogens with zero attached hydrogens (tertiary/aromatic N) is 2. The van der Waals surface area contributed by atoms with Crippen LogP contribution in [-0.2, 0) is 0 Å². The van der Waals surface area contributed by atoms with Crippen molar-refractivity contribution < 1.29 is 0 Å². The molecule has 0 aromatic carbocycles. The van der Waals surface area contributed by atoms with Gasteiger partial charge in [0, 0.05) is 31.2 Å². The van der Waals surface area contributed by atoms with E-state index in [0.29, 0.717) is 6.04 Å². The predicted molar refractivity (Wildman–Crippen MR) is 81.5 cm³/mol. The van der Waals surface area contributed by atoms with Crippen LogP contribution in [0.4, 0.5) is 0 Å². The van der Waals surface area contributed by atoms with E-state index in [-0.39, 0.29) is 4.87 Å². The highest BCUT2D eigenvalue weighted by Crippen LogP contribution is 2.00. The van der Waals surface area contributed by atoms with Gasteiger partial charge in [0.25, 0.3) is 0 Å². The number of thiazole rings is 1. The molecule has 0 aliphatic heterocycles. The summed E-state index contributed by atoms with van der Waals surface area (Å²) in [6.45, 7) is 10.8. The molecule has 2 N–H and O–H groups in total. The van der Waals surface area contributed by atoms with E-state index < -0.39 is 0 Å². The van der Waals surface area contributed by atoms with Gasteiger partial charge in [-0.15, -0.1) is 0 Å². The maximum atomic E-state index is 10.8. The van der Waals surface area contributed by atoms with Gasteiger partial charge in [0.2, 0.25) is 0 Å². The zero-order chi connectivity index (χ0) is 14.4. The highest BCUT2D eigenvalue weighted by atomic mass is 32.1. The van der Waals surface area contributed by atoms with Crippen molar-refractivity contribution in [2.24, 2.45) is 4.99 Å². The SMILES string of the molecule is CC.CC(C)n1ccsc1=O.CCN=CNNC. The molecular weight excluding hydrogens is 248 g/mol. The minimum Gasteiger partial charge on any atom is -0.313 e. The molecule has 1 aromatic rings. The third-order valence-corrected chi connectivity index (χ3v) is 2.31. The predicted octanol–water partition coefficient (Wildman–Crippen LogP) is 2.28. The molecule has 0 atom stereocenters. The van der Waals surface area contributed by atoms with Crippen molar-refractivity contribution in [2.75, 3.05) is 13.6 Å². The second-order valence-electron chi connectivity index (χ2n) is 3.19. The Hall–Kier alpha value is -1.14. The van der Waals surface area contributed by atoms with Crippen molar-refractivity contribution in [1.82, 2.24) is 15.4 Å². The maximum absolute atomic E-state index is 10.8. The van der Waals surface area contributed by atoms with E-state index >= 15 is 0 Å². The van der Waals surface area contributed by atoms with Gasteiger partial charge < -0.3 is 9.99 Å². The minimum absolute atomic E-state index is 0.130. The second-order valence-corrected chi connectivity index (χ2v) is 4.05. The lowest BCUT2D eigenvalue weighted by molar-refractivity contribution is 0.591. The van der Waals surface area contributed by atoms with Gasteiger partial charge in [-0.3, -0.25) is 9.79 Å². The van der Waals surface area contributed by atoms with Gasteiger partial charge in [0.05, 0.1) is 6.34 Å². The molecule has 0 amide bonds. The lowest BCUT2D eigenvalue weighted by atomic mass is 10.4. The summed E-state index contributed by atoms with van der Waals surface area (Å²) in [6.07, 6.45) is 3.44. The van der Waals surface area contributed by atoms with E-state index in [0.717, 1.165) is 6.54 Å². The van der Waals surface area contributed by atoms with Crippen LogP contribution < -0.4 is 15.7 Å². The normalized spacial score (nSPS) is 9.50. The molecule has 0 radical (unpaired) electrons. The largest absolute Gasteiger partial charge is 0.313 e. The molecule has 1 heterocycles. The van der Waals surface area contributed by atoms with Crippen molar-refractivity contribution >= 4 is 17.7 Å². The molecule has 6 heteroatoms. The van der Waals surface area contributed by atoms with Crippen molar-refractivity contribution in [2.45, 2.75) is 40.7 Å². The number of aromatic nitrogens is 1. The molecule has 0 unspecified atom stereocenters. The lowest BCUT2D eigenvalue weighted by Gasteiger charge is -2.01. The Bertz CT molecular complexity index is 344. The molecule has 0 fully saturated rings. The molecule has 18 heavy (non-hydrogen) atoms. The third kappa shape index (κ3) is 10.0. The standard InChI is InChI=1S/C6H9NOS.C4H11N3.C2H6/c1-5(2)7-3-4-9-6(7)8;1-3-6-4-7-5-2;1-2/h3-5H,1-2H3;4-5H,3H2,1-2H3,(H,6,7);1-2H3. The Morgan fingerprint density at radius 2 is 2.11 bits per heavy atom. The molecule has 0 aliphatic carbocycles. The zero-order valence-electron chi connectivity index (χ0n) is 12.2. The number of hydrogen-bond donors (Lipinski definition) is 2. The van der Waals surface area contributed by atoms with Crippen LogP contribution >= 0.6 is 11.3 Å². The maximum Gasteiger partial charge on any atom is 0.307 e. The third-order valence-electron chi connectivity index (χ3n) is 1.64. The first-order chi connectivity index (χ1) is 8.63. The molecular formula is C12H26N4OS. The molecule has 1 aromatic heterocycles. The van der Waals surface area contributed by atoms with Crippen LogP contribution in [0.25, 0.3) is 0 Å². The summed E-state index contributed by atoms with van der Waals surface area (Å²) in [6, 6.07) is 0.295. The van der Waals surface area contributed by atoms with Gasteiger partial charge in [-0.1, -0.05) is 25.2 Å². The summed E-state index contributed by atoms with van der Waals surface area (Å²) >= 11 is 1.24. The molecule has 0 bridgehead atoms. The summed E-state index contributed by atoms with van der Waals surface area (Å²) in [5, 5.41) is 1.81. The van der Waals surface area contributed by atoms with Gasteiger partial charge >= 0.3 is 4.87 Å². The lowest BCUT2D eigenvalue weighted by Crippen LogP contribution is -2.25. The van der Waals surface area contributed by atoms with E-state index in [2.05, 4.69) is 15.8 Å². The van der Waals surface area contributed by atoms with E-state index in [1.54, 1.807) is 18.0 Å². The van der Waals surface area contributed by atoms with Crippen LogP contribution in [0.2, 0.25) is 0 Å². The smallest absolute Gasteiger partial charge is 0.307 e. The van der Waals surface area contributed by atoms with Gasteiger partial charge in [-0.05, 0) is 20.8 Å². The van der Waals surface area contributed by atoms with Gasteiger partial charge in [0.1, 0.15) is 0 Å². The van der Waals surface area contributed by atoms with E-state index in [1.807, 2.05) is 46.2 Å². The fraction of sp³-hybridized carbons (Fsp3) is 0.667. The first kappa shape index (κ1) is 19.2. The van der Waals surface area contributed by atoms with Crippen LogP contribution in [-0.4, -0.2) is 24.5 Å². The Balaban J connectivity index is 0. The Labute approximate surface area is 114 Å². The molecule has 1 rings (SSSR count). The van der Waals surface area contributed by atoms with Gasteiger partial charge in [0.15, 0.2) is 0 Å². The monoisotopic (exact) mass is 274 g/mol. The average molecular weight is 274 g/mol. The fourth-order valence-corrected chi connectivity index (χ4v) is 1.56. The fourth-order valence-electron chi connectivity index (χ4n) is 0.860. The first-order valence-corrected chi connectivity index (χ1v) is 7.07. The summed E-state index contributed by atoms with van der Waals surface area (Å²) < 4.78 is 1.71. The summed E-state index contributed by atoms with van der Waals surface area (Å²) in [7, 11) is 1.79. The second kappa shape index (κ2) is 13.9. The molecule has 0 saturated carbocycles. The van der Waals surface area contributed by atoms with E-state index in [1.165, 1.54) is 11.3 Å². The molecule has 5 nitrogen and oxygen atoms in total. The van der Waals surface area contributed by atoms with Crippen LogP contribution in [0.5, 0.6) is 0 Å². The Morgan fingerprint density at radius 3 is 2.39 bits per heavy atom. The van der Waals surface area contributed by atoms with Crippen molar-refractivity contribution in [3.63, 3.8) is 0 Å². The van der Waals surface area contributed by atoms with Crippen LogP contribution in [0.3, 0.4) is 0 Å². The highest BCUT2D eigenvalue weighted by molar-refractivity contribution is 7.07. The van der Waals surface area contributed by atoms with Crippen LogP contribution in [0.15, 0.2) is 21.4 Å². The number of hydrogen-bond acceptors (Lipinski definition) is 4. The van der Waals surface area contributed by atoms with Crippen LogP contribution in [0, 0.1) is 0 Å². The van der Waals surface area contributed by atoms with E-state index in [4.69, 9.17) is 0 Å². The molecule has 106 valence electrons. The highest BCUT2D eigenvalue weighted by Gasteiger charge is 1.98. The van der Waals surface area contributed by atoms with E-state index in [9.17, 15) is 4.79 Å². The molecule has 0 saturated heterocycles. The summed E-state index contributed by atoms with van der Waals surface area (Å²) in [5.74, 6) is 0. The minimum atomic E-state index is 0.130. The number of hydrazine groups is 1. The summed E-state index contributed by atoms with van der Waals surface area (Å²) in [4.78, 5) is 14.8. The molecule has 0 aliphatic rings. The average Bonchev–Trinajstić information content (AvgIpc) is 2.80. The first-order valence-electron chi connectivity index (χ1n) is 6.19. The quantitative estimate of drug-likeness (QED) is 0.503. The summed E-state index contributed by atoms with van der Waals surface area (Å²) in [5.41, 5.74) is 5.41. The Morgan fingerprint density at radius 1 is 1.50 bits per heavy atom. The van der Waals surface area contributed by atoms with Gasteiger partial charge in [-0.2, -0.15) is 0 Å². The zero-order valence-corrected chi connectivity index (χ0v) is 13.0. The van der Waals surface area contributed by atoms with Crippen LogP contribution in [0.1, 0.15) is 40.7 Å². The van der Waals surface area contributed by atoms with Gasteiger partial charge in [-0.25, -0.2) is 5.43 Å². The van der Waals surface area contributed by atoms with Crippen molar-refractivity contribution in [3.05, 3.63) is 21.2 Å². The van der Waals surface area contributed by atoms with Crippen molar-refractivity contribution in [1.29, 1.82) is 0 Å². The number of nitrogens with one attached hydrogen (secondary N) is 2. The number of rotatable bonds is 4.